The van der Waals surface area contributed by atoms with E-state index >= 15 is 0 Å². The Hall–Kier alpha value is -2.84. The van der Waals surface area contributed by atoms with Crippen molar-refractivity contribution in [2.24, 2.45) is 0 Å². The minimum atomic E-state index is -3.01. The number of nitrogens with one attached hydrogen (secondary N) is 2. The largest absolute Gasteiger partial charge is 0.417 e. The van der Waals surface area contributed by atoms with Gasteiger partial charge in [0, 0.05) is 24.9 Å². The molecule has 5 nitrogen and oxygen atoms in total. The first-order valence-electron chi connectivity index (χ1n) is 6.33. The summed E-state index contributed by atoms with van der Waals surface area (Å²) in [6.07, 6.45) is 1.23. The number of halogens is 4. The van der Waals surface area contributed by atoms with Gasteiger partial charge in [-0.15, -0.1) is 0 Å². The second kappa shape index (κ2) is 7.43. The standard InChI is InChI=1S/C14H11F4N3O2/c15-9-1-2-10(16)11(6-9)21-14(22)20-7-8-3-4-19-12(5-8)23-13(17)18/h1-6,13H,7H2,(H2,20,21,22). The van der Waals surface area contributed by atoms with Gasteiger partial charge >= 0.3 is 12.6 Å². The monoisotopic (exact) mass is 329 g/mol. The van der Waals surface area contributed by atoms with Crippen molar-refractivity contribution in [2.45, 2.75) is 13.2 Å². The maximum Gasteiger partial charge on any atom is 0.388 e. The molecule has 0 saturated heterocycles. The number of carbonyl (C=O) groups is 1. The molecule has 0 aliphatic rings. The molecule has 0 fully saturated rings. The number of aromatic nitrogens is 1. The van der Waals surface area contributed by atoms with Crippen molar-refractivity contribution < 1.29 is 27.1 Å². The van der Waals surface area contributed by atoms with Crippen molar-refractivity contribution in [2.75, 3.05) is 5.32 Å². The highest BCUT2D eigenvalue weighted by atomic mass is 19.3. The Labute approximate surface area is 128 Å². The van der Waals surface area contributed by atoms with Crippen LogP contribution in [0.5, 0.6) is 5.88 Å². The first kappa shape index (κ1) is 16.5. The van der Waals surface area contributed by atoms with Gasteiger partial charge in [-0.1, -0.05) is 0 Å². The van der Waals surface area contributed by atoms with Crippen LogP contribution < -0.4 is 15.4 Å². The van der Waals surface area contributed by atoms with Crippen molar-refractivity contribution in [3.8, 4) is 5.88 Å². The van der Waals surface area contributed by atoms with Crippen molar-refractivity contribution in [3.05, 3.63) is 53.7 Å². The van der Waals surface area contributed by atoms with Crippen LogP contribution >= 0.6 is 0 Å². The quantitative estimate of drug-likeness (QED) is 0.828. The number of nitrogens with zero attached hydrogens (tertiary/aromatic N) is 1. The van der Waals surface area contributed by atoms with E-state index in [0.717, 1.165) is 18.2 Å². The summed E-state index contributed by atoms with van der Waals surface area (Å²) < 4.78 is 54.6. The molecule has 1 aromatic heterocycles. The zero-order valence-corrected chi connectivity index (χ0v) is 11.5. The van der Waals surface area contributed by atoms with Crippen LogP contribution in [0.3, 0.4) is 0 Å². The molecule has 9 heteroatoms. The molecule has 0 spiro atoms. The lowest BCUT2D eigenvalue weighted by molar-refractivity contribution is -0.0529. The Morgan fingerprint density at radius 3 is 2.74 bits per heavy atom. The molecule has 122 valence electrons. The number of hydrogen-bond donors (Lipinski definition) is 2. The second-order valence-corrected chi connectivity index (χ2v) is 4.31. The lowest BCUT2D eigenvalue weighted by atomic mass is 10.2. The van der Waals surface area contributed by atoms with Crippen molar-refractivity contribution >= 4 is 11.7 Å². The average Bonchev–Trinajstić information content (AvgIpc) is 2.49. The van der Waals surface area contributed by atoms with Gasteiger partial charge in [0.2, 0.25) is 5.88 Å². The first-order valence-corrected chi connectivity index (χ1v) is 6.33. The van der Waals surface area contributed by atoms with E-state index in [0.29, 0.717) is 5.56 Å². The summed E-state index contributed by atoms with van der Waals surface area (Å²) in [5, 5.41) is 4.50. The molecule has 2 rings (SSSR count). The number of amides is 2. The maximum atomic E-state index is 13.4. The zero-order chi connectivity index (χ0) is 16.8. The van der Waals surface area contributed by atoms with Gasteiger partial charge in [-0.25, -0.2) is 18.6 Å². The number of hydrogen-bond acceptors (Lipinski definition) is 3. The van der Waals surface area contributed by atoms with Crippen molar-refractivity contribution in [3.63, 3.8) is 0 Å². The van der Waals surface area contributed by atoms with Gasteiger partial charge in [-0.05, 0) is 23.8 Å². The van der Waals surface area contributed by atoms with Gasteiger partial charge in [-0.3, -0.25) is 0 Å². The number of alkyl halides is 2. The molecular formula is C14H11F4N3O2. The van der Waals surface area contributed by atoms with Crippen LogP contribution in [0.25, 0.3) is 0 Å². The van der Waals surface area contributed by atoms with Gasteiger partial charge in [0.05, 0.1) is 5.69 Å². The summed E-state index contributed by atoms with van der Waals surface area (Å²) >= 11 is 0. The third-order valence-corrected chi connectivity index (χ3v) is 2.64. The maximum absolute atomic E-state index is 13.4. The van der Waals surface area contributed by atoms with Crippen LogP contribution in [-0.2, 0) is 6.54 Å². The fraction of sp³-hybridized carbons (Fsp3) is 0.143. The van der Waals surface area contributed by atoms with Crippen LogP contribution in [0, 0.1) is 11.6 Å². The van der Waals surface area contributed by atoms with E-state index < -0.39 is 24.3 Å². The molecule has 0 radical (unpaired) electrons. The number of anilines is 1. The molecule has 0 aliphatic carbocycles. The fourth-order valence-electron chi connectivity index (χ4n) is 1.66. The van der Waals surface area contributed by atoms with E-state index in [1.54, 1.807) is 0 Å². The van der Waals surface area contributed by atoms with E-state index in [1.807, 2.05) is 0 Å². The molecule has 2 aromatic rings. The fourth-order valence-corrected chi connectivity index (χ4v) is 1.66. The Kier molecular flexibility index (Phi) is 5.34. The summed E-state index contributed by atoms with van der Waals surface area (Å²) in [5.41, 5.74) is 0.115. The van der Waals surface area contributed by atoms with Gasteiger partial charge in [0.25, 0.3) is 0 Å². The van der Waals surface area contributed by atoms with Gasteiger partial charge in [0.1, 0.15) is 11.6 Å². The summed E-state index contributed by atoms with van der Waals surface area (Å²) in [6, 6.07) is 4.52. The smallest absolute Gasteiger partial charge is 0.388 e. The van der Waals surface area contributed by atoms with E-state index in [4.69, 9.17) is 0 Å². The minimum absolute atomic E-state index is 0.0507. The van der Waals surface area contributed by atoms with E-state index in [-0.39, 0.29) is 18.1 Å². The summed E-state index contributed by atoms with van der Waals surface area (Å²) in [5.74, 6) is -1.79. The third-order valence-electron chi connectivity index (χ3n) is 2.64. The molecule has 23 heavy (non-hydrogen) atoms. The highest BCUT2D eigenvalue weighted by Gasteiger charge is 2.09. The average molecular weight is 329 g/mol. The van der Waals surface area contributed by atoms with E-state index in [2.05, 4.69) is 20.4 Å². The number of benzene rings is 1. The second-order valence-electron chi connectivity index (χ2n) is 4.31. The van der Waals surface area contributed by atoms with Crippen molar-refractivity contribution in [1.29, 1.82) is 0 Å². The molecule has 1 heterocycles. The lowest BCUT2D eigenvalue weighted by Crippen LogP contribution is -2.28. The predicted molar refractivity (Wildman–Crippen MR) is 73.1 cm³/mol. The molecule has 0 atom stereocenters. The molecule has 0 aliphatic heterocycles. The number of carbonyl (C=O) groups excluding carboxylic acids is 1. The predicted octanol–water partition coefficient (Wildman–Crippen LogP) is 3.28. The Morgan fingerprint density at radius 2 is 2.00 bits per heavy atom. The molecular weight excluding hydrogens is 318 g/mol. The van der Waals surface area contributed by atoms with Crippen molar-refractivity contribution in [1.82, 2.24) is 10.3 Å². The zero-order valence-electron chi connectivity index (χ0n) is 11.5. The van der Waals surface area contributed by atoms with Crippen LogP contribution in [0.1, 0.15) is 5.56 Å². The van der Waals surface area contributed by atoms with Gasteiger partial charge in [0.15, 0.2) is 0 Å². The SMILES string of the molecule is O=C(NCc1ccnc(OC(F)F)c1)Nc1cc(F)ccc1F. The first-order chi connectivity index (χ1) is 10.9. The summed E-state index contributed by atoms with van der Waals surface area (Å²) in [4.78, 5) is 15.2. The lowest BCUT2D eigenvalue weighted by Gasteiger charge is -2.09. The van der Waals surface area contributed by atoms with Crippen LogP contribution in [-0.4, -0.2) is 17.6 Å². The normalized spacial score (nSPS) is 10.5. The Morgan fingerprint density at radius 1 is 1.22 bits per heavy atom. The van der Waals surface area contributed by atoms with E-state index in [9.17, 15) is 22.4 Å². The third kappa shape index (κ3) is 5.13. The molecule has 1 aromatic carbocycles. The number of urea groups is 1. The summed E-state index contributed by atoms with van der Waals surface area (Å²) in [7, 11) is 0. The molecule has 2 N–H and O–H groups in total. The summed E-state index contributed by atoms with van der Waals surface area (Å²) in [6.45, 7) is -3.06. The molecule has 0 bridgehead atoms. The molecule has 0 unspecified atom stereocenters. The topological polar surface area (TPSA) is 63.2 Å². The molecule has 0 saturated carbocycles. The van der Waals surface area contributed by atoms with Gasteiger partial charge < -0.3 is 15.4 Å². The number of ether oxygens (including phenoxy) is 1. The Balaban J connectivity index is 1.93. The molecule has 2 amide bonds. The Bertz CT molecular complexity index is 697. The highest BCUT2D eigenvalue weighted by Crippen LogP contribution is 2.15. The highest BCUT2D eigenvalue weighted by molar-refractivity contribution is 5.89. The van der Waals surface area contributed by atoms with Crippen LogP contribution in [0.4, 0.5) is 28.0 Å². The van der Waals surface area contributed by atoms with E-state index in [1.165, 1.54) is 18.3 Å². The van der Waals surface area contributed by atoms with Gasteiger partial charge in [-0.2, -0.15) is 8.78 Å². The number of pyridine rings is 1. The minimum Gasteiger partial charge on any atom is -0.417 e. The number of rotatable bonds is 5. The van der Waals surface area contributed by atoms with Crippen LogP contribution in [0.2, 0.25) is 0 Å². The van der Waals surface area contributed by atoms with Crippen LogP contribution in [0.15, 0.2) is 36.5 Å².